The first kappa shape index (κ1) is 12.2. The predicted molar refractivity (Wildman–Crippen MR) is 77.6 cm³/mol. The Morgan fingerprint density at radius 3 is 2.95 bits per heavy atom. The Morgan fingerprint density at radius 2 is 2.21 bits per heavy atom. The van der Waals surface area contributed by atoms with Crippen LogP contribution in [0.3, 0.4) is 0 Å². The van der Waals surface area contributed by atoms with Gasteiger partial charge in [0.25, 0.3) is 0 Å². The molecule has 2 heterocycles. The van der Waals surface area contributed by atoms with Crippen molar-refractivity contribution in [1.29, 1.82) is 0 Å². The molecule has 0 saturated heterocycles. The molecule has 0 aliphatic carbocycles. The van der Waals surface area contributed by atoms with Gasteiger partial charge in [-0.05, 0) is 32.0 Å². The zero-order valence-electron chi connectivity index (χ0n) is 10.4. The van der Waals surface area contributed by atoms with Gasteiger partial charge in [-0.2, -0.15) is 0 Å². The number of aromatic nitrogens is 4. The Bertz CT molecular complexity index is 820. The molecule has 0 unspecified atom stereocenters. The number of aromatic amines is 1. The molecule has 3 aromatic rings. The van der Waals surface area contributed by atoms with E-state index in [0.29, 0.717) is 11.5 Å². The van der Waals surface area contributed by atoms with Crippen molar-refractivity contribution in [3.63, 3.8) is 0 Å². The third kappa shape index (κ3) is 1.99. The van der Waals surface area contributed by atoms with Gasteiger partial charge in [0.2, 0.25) is 5.65 Å². The molecular weight excluding hydrogens is 310 g/mol. The highest BCUT2D eigenvalue weighted by Crippen LogP contribution is 2.22. The maximum Gasteiger partial charge on any atom is 0.348 e. The van der Waals surface area contributed by atoms with E-state index in [1.807, 2.05) is 32.0 Å². The number of hydrogen-bond donors (Lipinski definition) is 2. The van der Waals surface area contributed by atoms with E-state index in [4.69, 9.17) is 0 Å². The van der Waals surface area contributed by atoms with E-state index in [1.54, 1.807) is 0 Å². The quantitative estimate of drug-likeness (QED) is 0.758. The van der Waals surface area contributed by atoms with Gasteiger partial charge in [0.15, 0.2) is 5.82 Å². The average Bonchev–Trinajstić information content (AvgIpc) is 2.72. The fourth-order valence-electron chi connectivity index (χ4n) is 1.99. The van der Waals surface area contributed by atoms with Gasteiger partial charge >= 0.3 is 5.69 Å². The summed E-state index contributed by atoms with van der Waals surface area (Å²) in [5.74, 6) is 0.600. The number of anilines is 1. The summed E-state index contributed by atoms with van der Waals surface area (Å²) >= 11 is 3.40. The SMILES string of the molecule is CC(C)Nc1nc2ccc(Br)cc2n2c(=O)[nH]nc12. The van der Waals surface area contributed by atoms with Gasteiger partial charge in [-0.15, -0.1) is 5.10 Å². The van der Waals surface area contributed by atoms with Crippen LogP contribution in [0, 0.1) is 0 Å². The fourth-order valence-corrected chi connectivity index (χ4v) is 2.34. The Balaban J connectivity index is 2.45. The normalized spacial score (nSPS) is 11.6. The summed E-state index contributed by atoms with van der Waals surface area (Å²) in [5, 5.41) is 9.70. The lowest BCUT2D eigenvalue weighted by Gasteiger charge is -2.11. The van der Waals surface area contributed by atoms with Crippen molar-refractivity contribution in [3.8, 4) is 0 Å². The molecule has 0 spiro atoms. The summed E-state index contributed by atoms with van der Waals surface area (Å²) < 4.78 is 2.42. The lowest BCUT2D eigenvalue weighted by Crippen LogP contribution is -2.15. The Morgan fingerprint density at radius 1 is 1.42 bits per heavy atom. The molecular formula is C12H12BrN5O. The molecule has 19 heavy (non-hydrogen) atoms. The second-order valence-electron chi connectivity index (χ2n) is 4.58. The Hall–Kier alpha value is -1.89. The maximum atomic E-state index is 11.9. The summed E-state index contributed by atoms with van der Waals surface area (Å²) in [7, 11) is 0. The second-order valence-corrected chi connectivity index (χ2v) is 5.50. The highest BCUT2D eigenvalue weighted by molar-refractivity contribution is 9.10. The molecule has 2 aromatic heterocycles. The monoisotopic (exact) mass is 321 g/mol. The Labute approximate surface area is 117 Å². The van der Waals surface area contributed by atoms with E-state index in [2.05, 4.69) is 36.4 Å². The molecule has 0 saturated carbocycles. The topological polar surface area (TPSA) is 75.1 Å². The van der Waals surface area contributed by atoms with E-state index < -0.39 is 0 Å². The molecule has 0 aliphatic rings. The standard InChI is InChI=1S/C12H12BrN5O/c1-6(2)14-10-11-16-17-12(19)18(11)9-5-7(13)3-4-8(9)15-10/h3-6H,1-2H3,(H,14,15)(H,17,19). The lowest BCUT2D eigenvalue weighted by atomic mass is 10.3. The number of H-pyrrole nitrogens is 1. The molecule has 0 atom stereocenters. The van der Waals surface area contributed by atoms with E-state index in [0.717, 1.165) is 15.5 Å². The summed E-state index contributed by atoms with van der Waals surface area (Å²) in [4.78, 5) is 16.4. The number of hydrogen-bond acceptors (Lipinski definition) is 4. The van der Waals surface area contributed by atoms with E-state index >= 15 is 0 Å². The zero-order valence-corrected chi connectivity index (χ0v) is 12.0. The van der Waals surface area contributed by atoms with Crippen molar-refractivity contribution in [2.24, 2.45) is 0 Å². The van der Waals surface area contributed by atoms with Gasteiger partial charge in [-0.3, -0.25) is 0 Å². The third-order valence-electron chi connectivity index (χ3n) is 2.72. The van der Waals surface area contributed by atoms with E-state index in [9.17, 15) is 4.79 Å². The van der Waals surface area contributed by atoms with Crippen LogP contribution in [-0.2, 0) is 0 Å². The minimum absolute atomic E-state index is 0.205. The summed E-state index contributed by atoms with van der Waals surface area (Å²) in [5.41, 5.74) is 1.69. The minimum atomic E-state index is -0.271. The van der Waals surface area contributed by atoms with Crippen LogP contribution in [0.2, 0.25) is 0 Å². The fraction of sp³-hybridized carbons (Fsp3) is 0.250. The maximum absolute atomic E-state index is 11.9. The van der Waals surface area contributed by atoms with Crippen molar-refractivity contribution in [3.05, 3.63) is 33.2 Å². The molecule has 0 aliphatic heterocycles. The molecule has 3 rings (SSSR count). The number of halogens is 1. The molecule has 2 N–H and O–H groups in total. The molecule has 98 valence electrons. The summed E-state index contributed by atoms with van der Waals surface area (Å²) in [6.45, 7) is 4.02. The van der Waals surface area contributed by atoms with E-state index in [-0.39, 0.29) is 11.7 Å². The number of fused-ring (bicyclic) bond motifs is 3. The largest absolute Gasteiger partial charge is 0.365 e. The predicted octanol–water partition coefficient (Wildman–Crippen LogP) is 2.15. The van der Waals surface area contributed by atoms with Crippen molar-refractivity contribution >= 4 is 38.4 Å². The van der Waals surface area contributed by atoms with Gasteiger partial charge in [0.05, 0.1) is 11.0 Å². The van der Waals surface area contributed by atoms with Crippen LogP contribution in [-0.4, -0.2) is 25.6 Å². The average molecular weight is 322 g/mol. The van der Waals surface area contributed by atoms with Crippen LogP contribution < -0.4 is 11.0 Å². The van der Waals surface area contributed by atoms with E-state index in [1.165, 1.54) is 4.40 Å². The van der Waals surface area contributed by atoms with Crippen LogP contribution >= 0.6 is 15.9 Å². The number of nitrogens with zero attached hydrogens (tertiary/aromatic N) is 3. The van der Waals surface area contributed by atoms with Crippen LogP contribution in [0.15, 0.2) is 27.5 Å². The third-order valence-corrected chi connectivity index (χ3v) is 3.21. The molecule has 0 radical (unpaired) electrons. The zero-order chi connectivity index (χ0) is 13.6. The lowest BCUT2D eigenvalue weighted by molar-refractivity contribution is 0.889. The van der Waals surface area contributed by atoms with Crippen LogP contribution in [0.5, 0.6) is 0 Å². The van der Waals surface area contributed by atoms with Gasteiger partial charge < -0.3 is 5.32 Å². The highest BCUT2D eigenvalue weighted by Gasteiger charge is 2.13. The smallest absolute Gasteiger partial charge is 0.348 e. The molecule has 1 aromatic carbocycles. The van der Waals surface area contributed by atoms with Crippen molar-refractivity contribution in [2.75, 3.05) is 5.32 Å². The number of nitrogens with one attached hydrogen (secondary N) is 2. The van der Waals surface area contributed by atoms with Gasteiger partial charge in [-0.1, -0.05) is 15.9 Å². The molecule has 0 fully saturated rings. The van der Waals surface area contributed by atoms with Crippen molar-refractivity contribution in [1.82, 2.24) is 19.6 Å². The summed E-state index contributed by atoms with van der Waals surface area (Å²) in [6.07, 6.45) is 0. The molecule has 7 heteroatoms. The second kappa shape index (κ2) is 4.34. The van der Waals surface area contributed by atoms with Crippen molar-refractivity contribution < 1.29 is 0 Å². The Kier molecular flexibility index (Phi) is 2.78. The van der Waals surface area contributed by atoms with Crippen LogP contribution in [0.1, 0.15) is 13.8 Å². The highest BCUT2D eigenvalue weighted by atomic mass is 79.9. The number of rotatable bonds is 2. The van der Waals surface area contributed by atoms with Gasteiger partial charge in [0.1, 0.15) is 0 Å². The van der Waals surface area contributed by atoms with Gasteiger partial charge in [0, 0.05) is 10.5 Å². The first-order valence-electron chi connectivity index (χ1n) is 5.89. The first-order chi connectivity index (χ1) is 9.06. The first-order valence-corrected chi connectivity index (χ1v) is 6.68. The molecule has 6 nitrogen and oxygen atoms in total. The van der Waals surface area contributed by atoms with Crippen LogP contribution in [0.25, 0.3) is 16.7 Å². The van der Waals surface area contributed by atoms with Crippen LogP contribution in [0.4, 0.5) is 5.82 Å². The minimum Gasteiger partial charge on any atom is -0.365 e. The summed E-state index contributed by atoms with van der Waals surface area (Å²) in [6, 6.07) is 5.82. The van der Waals surface area contributed by atoms with Crippen molar-refractivity contribution in [2.45, 2.75) is 19.9 Å². The number of benzene rings is 1. The molecule has 0 amide bonds. The molecule has 0 bridgehead atoms. The van der Waals surface area contributed by atoms with Gasteiger partial charge in [-0.25, -0.2) is 19.3 Å².